The van der Waals surface area contributed by atoms with Crippen LogP contribution in [0, 0.1) is 6.92 Å². The normalized spacial score (nSPS) is 12.9. The summed E-state index contributed by atoms with van der Waals surface area (Å²) in [4.78, 5) is 35.8. The molecule has 5 rings (SSSR count). The molecule has 0 atom stereocenters. The first-order chi connectivity index (χ1) is 19.2. The summed E-state index contributed by atoms with van der Waals surface area (Å²) < 4.78 is 26.2. The summed E-state index contributed by atoms with van der Waals surface area (Å²) in [6, 6.07) is 16.7. The number of benzene rings is 2. The van der Waals surface area contributed by atoms with Crippen LogP contribution in [-0.4, -0.2) is 30.2 Å². The Labute approximate surface area is 241 Å². The molecule has 8 nitrogen and oxygen atoms in total. The van der Waals surface area contributed by atoms with Gasteiger partial charge in [-0.1, -0.05) is 66.2 Å². The summed E-state index contributed by atoms with van der Waals surface area (Å²) >= 11 is 7.61. The molecule has 40 heavy (non-hydrogen) atoms. The smallest absolute Gasteiger partial charge is 0.276 e. The quantitative estimate of drug-likeness (QED) is 0.259. The zero-order valence-corrected chi connectivity index (χ0v) is 24.1. The number of thiophene rings is 1. The number of anilines is 1. The molecule has 1 aliphatic rings. The second-order valence-electron chi connectivity index (χ2n) is 9.57. The third-order valence-corrected chi connectivity index (χ3v) is 9.67. The maximum Gasteiger partial charge on any atom is 0.276 e. The van der Waals surface area contributed by atoms with Gasteiger partial charge >= 0.3 is 0 Å². The molecule has 0 saturated carbocycles. The number of carbonyl (C=O) groups excluding carboxylic acids is 2. The van der Waals surface area contributed by atoms with Gasteiger partial charge in [0.05, 0.1) is 22.5 Å². The fourth-order valence-electron chi connectivity index (χ4n) is 4.62. The first-order valence-corrected chi connectivity index (χ1v) is 15.7. The molecule has 206 valence electrons. The molecule has 0 fully saturated rings. The van der Waals surface area contributed by atoms with Crippen molar-refractivity contribution < 1.29 is 18.0 Å². The van der Waals surface area contributed by atoms with Gasteiger partial charge in [0.15, 0.2) is 5.69 Å². The number of fused-ring (bicyclic) bond motifs is 1. The molecule has 0 unspecified atom stereocenters. The van der Waals surface area contributed by atoms with E-state index in [1.807, 2.05) is 49.4 Å². The maximum absolute atomic E-state index is 13.4. The summed E-state index contributed by atoms with van der Waals surface area (Å²) in [6.45, 7) is 2.16. The SMILES string of the molecule is Cc1ccccc1CS(=O)(=O)c1ncc(Cl)c(C(=O)Nc2sc3c(c2C(=O)NCc2ccccc2)CCCC3)n1. The molecule has 2 N–H and O–H groups in total. The number of rotatable bonds is 8. The second kappa shape index (κ2) is 11.9. The molecule has 0 saturated heterocycles. The standard InChI is InChI=1S/C29H27ClN4O4S2/c1-18-9-5-6-12-20(18)17-40(37,38)29-32-16-22(30)25(33-29)27(36)34-28-24(21-13-7-8-14-23(21)39-28)26(35)31-15-19-10-3-2-4-11-19/h2-6,9-12,16H,7-8,13-15,17H2,1H3,(H,31,35)(H,34,36). The molecule has 2 aromatic carbocycles. The van der Waals surface area contributed by atoms with E-state index in [1.54, 1.807) is 12.1 Å². The van der Waals surface area contributed by atoms with Gasteiger partial charge in [-0.25, -0.2) is 18.4 Å². The topological polar surface area (TPSA) is 118 Å². The van der Waals surface area contributed by atoms with Crippen molar-refractivity contribution in [2.24, 2.45) is 0 Å². The number of aromatic nitrogens is 2. The van der Waals surface area contributed by atoms with Crippen molar-refractivity contribution in [2.75, 3.05) is 5.32 Å². The highest BCUT2D eigenvalue weighted by Crippen LogP contribution is 2.38. The Morgan fingerprint density at radius 2 is 1.73 bits per heavy atom. The van der Waals surface area contributed by atoms with Crippen LogP contribution in [0.5, 0.6) is 0 Å². The van der Waals surface area contributed by atoms with Gasteiger partial charge in [-0.05, 0) is 54.9 Å². The second-order valence-corrected chi connectivity index (χ2v) is 13.0. The Balaban J connectivity index is 1.41. The number of carbonyl (C=O) groups is 2. The Bertz CT molecular complexity index is 1690. The minimum atomic E-state index is -3.96. The average Bonchev–Trinajstić information content (AvgIpc) is 3.31. The van der Waals surface area contributed by atoms with Crippen LogP contribution in [-0.2, 0) is 35.0 Å². The highest BCUT2D eigenvalue weighted by atomic mass is 35.5. The van der Waals surface area contributed by atoms with Crippen molar-refractivity contribution in [3.8, 4) is 0 Å². The van der Waals surface area contributed by atoms with Gasteiger partial charge in [0.2, 0.25) is 15.0 Å². The number of amides is 2. The van der Waals surface area contributed by atoms with Crippen LogP contribution in [0.1, 0.15) is 60.8 Å². The van der Waals surface area contributed by atoms with E-state index >= 15 is 0 Å². The largest absolute Gasteiger partial charge is 0.348 e. The van der Waals surface area contributed by atoms with Gasteiger partial charge in [-0.3, -0.25) is 9.59 Å². The molecule has 0 spiro atoms. The fourth-order valence-corrected chi connectivity index (χ4v) is 7.39. The number of halogens is 1. The zero-order valence-electron chi connectivity index (χ0n) is 21.7. The van der Waals surface area contributed by atoms with Crippen molar-refractivity contribution in [2.45, 2.75) is 50.1 Å². The predicted molar refractivity (Wildman–Crippen MR) is 156 cm³/mol. The van der Waals surface area contributed by atoms with Gasteiger partial charge in [0.1, 0.15) is 5.00 Å². The van der Waals surface area contributed by atoms with E-state index in [1.165, 1.54) is 11.3 Å². The Morgan fingerprint density at radius 3 is 2.50 bits per heavy atom. The molecule has 1 aliphatic carbocycles. The summed E-state index contributed by atoms with van der Waals surface area (Å²) in [6.07, 6.45) is 4.64. The molecular weight excluding hydrogens is 568 g/mol. The summed E-state index contributed by atoms with van der Waals surface area (Å²) in [7, 11) is -3.96. The van der Waals surface area contributed by atoms with Crippen molar-refractivity contribution in [3.05, 3.63) is 104 Å². The average molecular weight is 595 g/mol. The molecule has 2 aromatic heterocycles. The number of aryl methyl sites for hydroxylation is 2. The molecule has 0 aliphatic heterocycles. The number of hydrogen-bond donors (Lipinski definition) is 2. The Hall–Kier alpha value is -3.60. The van der Waals surface area contributed by atoms with E-state index < -0.39 is 20.9 Å². The lowest BCUT2D eigenvalue weighted by atomic mass is 9.95. The highest BCUT2D eigenvalue weighted by Gasteiger charge is 2.28. The van der Waals surface area contributed by atoms with Crippen molar-refractivity contribution in [1.29, 1.82) is 0 Å². The molecule has 4 aromatic rings. The Morgan fingerprint density at radius 1 is 1.00 bits per heavy atom. The van der Waals surface area contributed by atoms with E-state index in [9.17, 15) is 18.0 Å². The molecule has 2 heterocycles. The highest BCUT2D eigenvalue weighted by molar-refractivity contribution is 7.90. The van der Waals surface area contributed by atoms with Crippen molar-refractivity contribution >= 4 is 49.6 Å². The minimum Gasteiger partial charge on any atom is -0.348 e. The van der Waals surface area contributed by atoms with Gasteiger partial charge in [0.25, 0.3) is 11.8 Å². The molecule has 11 heteroatoms. The molecule has 0 radical (unpaired) electrons. The van der Waals surface area contributed by atoms with Crippen molar-refractivity contribution in [3.63, 3.8) is 0 Å². The number of sulfone groups is 1. The van der Waals surface area contributed by atoms with Crippen LogP contribution >= 0.6 is 22.9 Å². The first-order valence-electron chi connectivity index (χ1n) is 12.8. The minimum absolute atomic E-state index is 0.0938. The van der Waals surface area contributed by atoms with Gasteiger partial charge in [0, 0.05) is 11.4 Å². The van der Waals surface area contributed by atoms with Gasteiger partial charge in [-0.2, -0.15) is 0 Å². The zero-order chi connectivity index (χ0) is 28.3. The lowest BCUT2D eigenvalue weighted by Crippen LogP contribution is -2.26. The summed E-state index contributed by atoms with van der Waals surface area (Å²) in [5.41, 5.74) is 3.48. The Kier molecular flexibility index (Phi) is 8.30. The van der Waals surface area contributed by atoms with E-state index in [2.05, 4.69) is 20.6 Å². The number of hydrogen-bond acceptors (Lipinski definition) is 7. The first kappa shape index (κ1) is 27.9. The number of nitrogens with one attached hydrogen (secondary N) is 2. The maximum atomic E-state index is 13.4. The van der Waals surface area contributed by atoms with Crippen LogP contribution in [0.3, 0.4) is 0 Å². The van der Waals surface area contributed by atoms with E-state index in [0.29, 0.717) is 22.7 Å². The predicted octanol–water partition coefficient (Wildman–Crippen LogP) is 5.53. The van der Waals surface area contributed by atoms with Crippen LogP contribution in [0.15, 0.2) is 66.0 Å². The summed E-state index contributed by atoms with van der Waals surface area (Å²) in [5, 5.41) is 5.56. The van der Waals surface area contributed by atoms with Crippen LogP contribution < -0.4 is 10.6 Å². The molecular formula is C29H27ClN4O4S2. The fraction of sp³-hybridized carbons (Fsp3) is 0.241. The summed E-state index contributed by atoms with van der Waals surface area (Å²) in [5.74, 6) is -1.31. The van der Waals surface area contributed by atoms with E-state index in [4.69, 9.17) is 11.6 Å². The van der Waals surface area contributed by atoms with E-state index in [-0.39, 0.29) is 22.4 Å². The van der Waals surface area contributed by atoms with Gasteiger partial charge < -0.3 is 10.6 Å². The molecule has 0 bridgehead atoms. The van der Waals surface area contributed by atoms with Gasteiger partial charge in [-0.15, -0.1) is 11.3 Å². The number of nitrogens with zero attached hydrogens (tertiary/aromatic N) is 2. The van der Waals surface area contributed by atoms with Crippen molar-refractivity contribution in [1.82, 2.24) is 15.3 Å². The third kappa shape index (κ3) is 6.09. The van der Waals surface area contributed by atoms with Crippen LogP contribution in [0.4, 0.5) is 5.00 Å². The third-order valence-electron chi connectivity index (χ3n) is 6.74. The molecule has 2 amide bonds. The van der Waals surface area contributed by atoms with Crippen LogP contribution in [0.2, 0.25) is 5.02 Å². The van der Waals surface area contributed by atoms with E-state index in [0.717, 1.165) is 53.4 Å². The van der Waals surface area contributed by atoms with Crippen LogP contribution in [0.25, 0.3) is 0 Å². The lowest BCUT2D eigenvalue weighted by Gasteiger charge is -2.13. The lowest BCUT2D eigenvalue weighted by molar-refractivity contribution is 0.0951. The monoisotopic (exact) mass is 594 g/mol.